The smallest absolute Gasteiger partial charge is 0.416 e. The molecule has 6 nitrogen and oxygen atoms in total. The third-order valence-electron chi connectivity index (χ3n) is 11.5. The van der Waals surface area contributed by atoms with Crippen LogP contribution in [0.4, 0.5) is 24.5 Å². The van der Waals surface area contributed by atoms with Gasteiger partial charge in [-0.2, -0.15) is 13.2 Å². The first-order valence-electron chi connectivity index (χ1n) is 18.2. The van der Waals surface area contributed by atoms with Gasteiger partial charge in [-0.25, -0.2) is 0 Å². The lowest BCUT2D eigenvalue weighted by Crippen LogP contribution is -2.37. The van der Waals surface area contributed by atoms with Crippen LogP contribution in [-0.2, 0) is 26.7 Å². The Morgan fingerprint density at radius 2 is 1.28 bits per heavy atom. The normalized spacial score (nSPS) is 18.7. The second-order valence-electron chi connectivity index (χ2n) is 14.8. The molecular formula is C44H41F3N2O4. The van der Waals surface area contributed by atoms with Crippen molar-refractivity contribution >= 4 is 28.2 Å². The summed E-state index contributed by atoms with van der Waals surface area (Å²) >= 11 is 0. The van der Waals surface area contributed by atoms with E-state index in [9.17, 15) is 13.2 Å². The number of methoxy groups -OCH3 is 1. The summed E-state index contributed by atoms with van der Waals surface area (Å²) in [5.41, 5.74) is 5.98. The molecule has 0 aromatic heterocycles. The summed E-state index contributed by atoms with van der Waals surface area (Å²) < 4.78 is 66.6. The van der Waals surface area contributed by atoms with E-state index in [4.69, 9.17) is 18.9 Å². The number of nitrogens with zero attached hydrogens (tertiary/aromatic N) is 2. The highest BCUT2D eigenvalue weighted by atomic mass is 19.4. The number of halogens is 3. The molecule has 2 saturated heterocycles. The fraction of sp³-hybridized carbons (Fsp3) is 0.318. The van der Waals surface area contributed by atoms with Crippen molar-refractivity contribution < 1.29 is 32.1 Å². The monoisotopic (exact) mass is 718 g/mol. The largest absolute Gasteiger partial charge is 0.497 e. The van der Waals surface area contributed by atoms with E-state index in [1.807, 2.05) is 32.0 Å². The molecule has 0 radical (unpaired) electrons. The molecular weight excluding hydrogens is 677 g/mol. The van der Waals surface area contributed by atoms with Gasteiger partial charge in [-0.3, -0.25) is 0 Å². The molecule has 0 atom stereocenters. The van der Waals surface area contributed by atoms with Gasteiger partial charge < -0.3 is 28.7 Å². The van der Waals surface area contributed by atoms with Gasteiger partial charge in [0.15, 0.2) is 5.60 Å². The van der Waals surface area contributed by atoms with Crippen molar-refractivity contribution in [3.8, 4) is 22.6 Å². The highest BCUT2D eigenvalue weighted by Crippen LogP contribution is 2.59. The molecule has 0 amide bonds. The van der Waals surface area contributed by atoms with Crippen molar-refractivity contribution in [2.45, 2.75) is 31.0 Å². The van der Waals surface area contributed by atoms with Crippen molar-refractivity contribution in [1.29, 1.82) is 0 Å². The minimum atomic E-state index is -4.45. The van der Waals surface area contributed by atoms with Crippen LogP contribution in [0.5, 0.6) is 11.5 Å². The molecule has 53 heavy (non-hydrogen) atoms. The van der Waals surface area contributed by atoms with Crippen molar-refractivity contribution in [3.63, 3.8) is 0 Å². The lowest BCUT2D eigenvalue weighted by atomic mass is 9.76. The van der Waals surface area contributed by atoms with E-state index in [0.717, 1.165) is 81.7 Å². The van der Waals surface area contributed by atoms with Crippen LogP contribution in [0.2, 0.25) is 0 Å². The Bertz CT molecular complexity index is 2170. The lowest BCUT2D eigenvalue weighted by molar-refractivity contribution is -0.137. The number of hydrogen-bond donors (Lipinski definition) is 0. The molecule has 4 aliphatic rings. The Morgan fingerprint density at radius 3 is 1.83 bits per heavy atom. The zero-order valence-corrected chi connectivity index (χ0v) is 30.1. The van der Waals surface area contributed by atoms with Crippen molar-refractivity contribution in [2.75, 3.05) is 69.5 Å². The SMILES string of the molecule is COc1ccc2c3c(c4c(c2c1)OC(c1ccc(N2CCOCC2)cc1)(c1ccc(N2CCOCC2)cc1)C=C4)C(C)(C)c1cc(C(F)(F)F)ccc1-3. The number of morpholine rings is 2. The predicted octanol–water partition coefficient (Wildman–Crippen LogP) is 9.20. The van der Waals surface area contributed by atoms with Gasteiger partial charge in [0, 0.05) is 65.0 Å². The molecule has 9 rings (SSSR count). The maximum Gasteiger partial charge on any atom is 0.416 e. The van der Waals surface area contributed by atoms with Gasteiger partial charge in [0.2, 0.25) is 0 Å². The fourth-order valence-corrected chi connectivity index (χ4v) is 8.73. The number of anilines is 2. The molecule has 0 unspecified atom stereocenters. The van der Waals surface area contributed by atoms with Crippen LogP contribution in [-0.4, -0.2) is 59.7 Å². The van der Waals surface area contributed by atoms with E-state index in [0.29, 0.717) is 43.5 Å². The van der Waals surface area contributed by atoms with Gasteiger partial charge in [-0.05, 0) is 88.3 Å². The number of benzene rings is 5. The number of rotatable bonds is 5. The number of fused-ring (bicyclic) bond motifs is 8. The molecule has 5 aromatic rings. The van der Waals surface area contributed by atoms with E-state index in [2.05, 4.69) is 70.5 Å². The first-order chi connectivity index (χ1) is 25.6. The molecule has 2 fully saturated rings. The number of ether oxygens (including phenoxy) is 4. The van der Waals surface area contributed by atoms with Crippen LogP contribution < -0.4 is 19.3 Å². The predicted molar refractivity (Wildman–Crippen MR) is 202 cm³/mol. The van der Waals surface area contributed by atoms with Crippen LogP contribution in [0.3, 0.4) is 0 Å². The lowest BCUT2D eigenvalue weighted by Gasteiger charge is -2.39. The molecule has 0 bridgehead atoms. The molecule has 272 valence electrons. The molecule has 0 spiro atoms. The summed E-state index contributed by atoms with van der Waals surface area (Å²) in [7, 11) is 1.63. The first kappa shape index (κ1) is 33.8. The second-order valence-corrected chi connectivity index (χ2v) is 14.8. The Morgan fingerprint density at radius 1 is 0.698 bits per heavy atom. The molecule has 3 aliphatic heterocycles. The average molecular weight is 719 g/mol. The Labute approximate surface area is 307 Å². The third-order valence-corrected chi connectivity index (χ3v) is 11.5. The van der Waals surface area contributed by atoms with E-state index in [1.54, 1.807) is 13.2 Å². The summed E-state index contributed by atoms with van der Waals surface area (Å²) in [6, 6.07) is 27.2. The van der Waals surface area contributed by atoms with Gasteiger partial charge in [0.05, 0.1) is 39.1 Å². The van der Waals surface area contributed by atoms with Crippen LogP contribution >= 0.6 is 0 Å². The molecule has 3 heterocycles. The van der Waals surface area contributed by atoms with Gasteiger partial charge in [-0.15, -0.1) is 0 Å². The van der Waals surface area contributed by atoms with Crippen molar-refractivity contribution in [1.82, 2.24) is 0 Å². The Kier molecular flexibility index (Phi) is 8.02. The first-order valence-corrected chi connectivity index (χ1v) is 18.2. The van der Waals surface area contributed by atoms with E-state index < -0.39 is 22.8 Å². The van der Waals surface area contributed by atoms with Gasteiger partial charge in [0.25, 0.3) is 0 Å². The van der Waals surface area contributed by atoms with Crippen molar-refractivity contribution in [3.05, 3.63) is 124 Å². The van der Waals surface area contributed by atoms with Crippen LogP contribution in [0.25, 0.3) is 28.0 Å². The van der Waals surface area contributed by atoms with Gasteiger partial charge in [0.1, 0.15) is 11.5 Å². The quantitative estimate of drug-likeness (QED) is 0.181. The molecule has 5 aromatic carbocycles. The average Bonchev–Trinajstić information content (AvgIpc) is 3.44. The van der Waals surface area contributed by atoms with E-state index >= 15 is 0 Å². The van der Waals surface area contributed by atoms with Crippen molar-refractivity contribution in [2.24, 2.45) is 0 Å². The molecule has 0 N–H and O–H groups in total. The Balaban J connectivity index is 1.24. The summed E-state index contributed by atoms with van der Waals surface area (Å²) in [5.74, 6) is 1.34. The molecule has 1 aliphatic carbocycles. The van der Waals surface area contributed by atoms with E-state index in [1.165, 1.54) is 12.1 Å². The highest BCUT2D eigenvalue weighted by Gasteiger charge is 2.45. The van der Waals surface area contributed by atoms with Gasteiger partial charge >= 0.3 is 6.18 Å². The number of hydrogen-bond acceptors (Lipinski definition) is 6. The topological polar surface area (TPSA) is 43.4 Å². The summed E-state index contributed by atoms with van der Waals surface area (Å²) in [5, 5.41) is 1.74. The maximum absolute atomic E-state index is 14.1. The zero-order chi connectivity index (χ0) is 36.5. The highest BCUT2D eigenvalue weighted by molar-refractivity contribution is 6.09. The van der Waals surface area contributed by atoms with E-state index in [-0.39, 0.29) is 0 Å². The zero-order valence-electron chi connectivity index (χ0n) is 30.1. The minimum Gasteiger partial charge on any atom is -0.497 e. The third kappa shape index (κ3) is 5.47. The fourth-order valence-electron chi connectivity index (χ4n) is 8.73. The second kappa shape index (κ2) is 12.6. The Hall–Kier alpha value is -4.99. The number of alkyl halides is 3. The molecule has 0 saturated carbocycles. The van der Waals surface area contributed by atoms with Gasteiger partial charge in [-0.1, -0.05) is 50.3 Å². The van der Waals surface area contributed by atoms with Crippen LogP contribution in [0, 0.1) is 0 Å². The summed E-state index contributed by atoms with van der Waals surface area (Å²) in [6.45, 7) is 10.1. The van der Waals surface area contributed by atoms with Crippen LogP contribution in [0.15, 0.2) is 91.0 Å². The standard InChI is InChI=1S/C44H41F3N2O4/c1-42(2)38-26-30(44(45,46)47)8-14-35(38)39-34-15-13-33(50-3)27-37(34)41-36(40(39)42)16-17-43(53-41,28-4-9-31(10-5-28)48-18-22-51-23-19-48)29-6-11-32(12-7-29)49-20-24-52-25-21-49/h4-17,26-27H,18-25H2,1-3H3. The minimum absolute atomic E-state index is 0.649. The van der Waals surface area contributed by atoms with Crippen LogP contribution in [0.1, 0.15) is 47.2 Å². The molecule has 9 heteroatoms. The maximum atomic E-state index is 14.1. The summed E-state index contributed by atoms with van der Waals surface area (Å²) in [6.07, 6.45) is -0.206. The summed E-state index contributed by atoms with van der Waals surface area (Å²) in [4.78, 5) is 4.66.